The van der Waals surface area contributed by atoms with Crippen molar-refractivity contribution in [3.63, 3.8) is 0 Å². The van der Waals surface area contributed by atoms with E-state index in [1.165, 1.54) is 25.7 Å². The van der Waals surface area contributed by atoms with Crippen molar-refractivity contribution in [3.05, 3.63) is 11.6 Å². The third-order valence-electron chi connectivity index (χ3n) is 3.35. The van der Waals surface area contributed by atoms with Crippen molar-refractivity contribution in [2.75, 3.05) is 6.61 Å². The monoisotopic (exact) mass is 150 g/mol. The fourth-order valence-corrected chi connectivity index (χ4v) is 2.69. The fourth-order valence-electron chi connectivity index (χ4n) is 2.69. The molecule has 0 N–H and O–H groups in total. The van der Waals surface area contributed by atoms with Crippen molar-refractivity contribution in [3.8, 4) is 0 Å². The van der Waals surface area contributed by atoms with Crippen molar-refractivity contribution in [1.82, 2.24) is 0 Å². The number of rotatable bonds is 1. The highest BCUT2D eigenvalue weighted by Crippen LogP contribution is 2.48. The second kappa shape index (κ2) is 2.10. The standard InChI is InChI=1S/C10H14O/c1-2-8-3-7(1)4-9(8)5-10-6-11-10/h5,7-8,10H,1-4,6H2/b9-5-. The smallest absolute Gasteiger partial charge is 0.0993 e. The summed E-state index contributed by atoms with van der Waals surface area (Å²) < 4.78 is 5.20. The van der Waals surface area contributed by atoms with Crippen molar-refractivity contribution >= 4 is 0 Å². The topological polar surface area (TPSA) is 12.5 Å². The van der Waals surface area contributed by atoms with Crippen LogP contribution in [0.4, 0.5) is 0 Å². The Balaban J connectivity index is 1.79. The van der Waals surface area contributed by atoms with Gasteiger partial charge in [-0.05, 0) is 37.5 Å². The summed E-state index contributed by atoms with van der Waals surface area (Å²) >= 11 is 0. The molecule has 0 aromatic rings. The predicted octanol–water partition coefficient (Wildman–Crippen LogP) is 2.13. The highest BCUT2D eigenvalue weighted by molar-refractivity contribution is 5.19. The van der Waals surface area contributed by atoms with E-state index in [1.807, 2.05) is 0 Å². The maximum Gasteiger partial charge on any atom is 0.0993 e. The van der Waals surface area contributed by atoms with Gasteiger partial charge in [0.1, 0.15) is 0 Å². The fraction of sp³-hybridized carbons (Fsp3) is 0.800. The Bertz CT molecular complexity index is 203. The van der Waals surface area contributed by atoms with E-state index in [2.05, 4.69) is 6.08 Å². The van der Waals surface area contributed by atoms with Gasteiger partial charge in [0.2, 0.25) is 0 Å². The highest BCUT2D eigenvalue weighted by atomic mass is 16.6. The largest absolute Gasteiger partial charge is 0.369 e. The van der Waals surface area contributed by atoms with Gasteiger partial charge in [0.05, 0.1) is 12.7 Å². The second-order valence-electron chi connectivity index (χ2n) is 4.19. The first-order valence-corrected chi connectivity index (χ1v) is 4.74. The molecule has 0 amide bonds. The van der Waals surface area contributed by atoms with E-state index in [-0.39, 0.29) is 0 Å². The van der Waals surface area contributed by atoms with Gasteiger partial charge < -0.3 is 4.74 Å². The van der Waals surface area contributed by atoms with Gasteiger partial charge >= 0.3 is 0 Å². The first kappa shape index (κ1) is 6.24. The van der Waals surface area contributed by atoms with E-state index in [4.69, 9.17) is 4.74 Å². The Kier molecular flexibility index (Phi) is 1.19. The summed E-state index contributed by atoms with van der Waals surface area (Å²) in [6.07, 6.45) is 8.74. The maximum atomic E-state index is 5.20. The molecule has 1 heteroatoms. The second-order valence-corrected chi connectivity index (χ2v) is 4.19. The number of hydrogen-bond acceptors (Lipinski definition) is 1. The minimum atomic E-state index is 0.518. The molecule has 11 heavy (non-hydrogen) atoms. The zero-order valence-electron chi connectivity index (χ0n) is 6.75. The van der Waals surface area contributed by atoms with E-state index in [0.29, 0.717) is 6.10 Å². The van der Waals surface area contributed by atoms with Crippen LogP contribution in [0.5, 0.6) is 0 Å². The summed E-state index contributed by atoms with van der Waals surface area (Å²) in [5, 5.41) is 0. The molecule has 2 bridgehead atoms. The molecule has 0 aromatic carbocycles. The first-order valence-electron chi connectivity index (χ1n) is 4.74. The Morgan fingerprint density at radius 1 is 1.36 bits per heavy atom. The van der Waals surface area contributed by atoms with Gasteiger partial charge in [0, 0.05) is 0 Å². The molecule has 1 aliphatic heterocycles. The van der Waals surface area contributed by atoms with Gasteiger partial charge in [-0.15, -0.1) is 0 Å². The van der Waals surface area contributed by atoms with Gasteiger partial charge in [-0.3, -0.25) is 0 Å². The first-order chi connectivity index (χ1) is 5.42. The van der Waals surface area contributed by atoms with Crippen LogP contribution in [0.25, 0.3) is 0 Å². The van der Waals surface area contributed by atoms with Gasteiger partial charge in [0.25, 0.3) is 0 Å². The average Bonchev–Trinajstić information content (AvgIpc) is 2.61. The Labute approximate surface area is 67.4 Å². The van der Waals surface area contributed by atoms with E-state index < -0.39 is 0 Å². The summed E-state index contributed by atoms with van der Waals surface area (Å²) in [6.45, 7) is 0.987. The van der Waals surface area contributed by atoms with E-state index in [0.717, 1.165) is 18.4 Å². The molecule has 0 spiro atoms. The van der Waals surface area contributed by atoms with Crippen molar-refractivity contribution in [2.45, 2.75) is 31.8 Å². The van der Waals surface area contributed by atoms with Gasteiger partial charge in [0.15, 0.2) is 0 Å². The Hall–Kier alpha value is -0.300. The summed E-state index contributed by atoms with van der Waals surface area (Å²) in [4.78, 5) is 0. The summed E-state index contributed by atoms with van der Waals surface area (Å²) in [6, 6.07) is 0. The summed E-state index contributed by atoms with van der Waals surface area (Å²) in [5.41, 5.74) is 1.73. The van der Waals surface area contributed by atoms with E-state index in [9.17, 15) is 0 Å². The van der Waals surface area contributed by atoms with Crippen LogP contribution in [0, 0.1) is 11.8 Å². The van der Waals surface area contributed by atoms with Crippen LogP contribution in [0.3, 0.4) is 0 Å². The molecule has 3 aliphatic rings. The van der Waals surface area contributed by atoms with Crippen LogP contribution in [-0.4, -0.2) is 12.7 Å². The molecule has 3 atom stereocenters. The van der Waals surface area contributed by atoms with Crippen LogP contribution in [0.1, 0.15) is 25.7 Å². The summed E-state index contributed by atoms with van der Waals surface area (Å²) in [7, 11) is 0. The molecule has 3 unspecified atom stereocenters. The van der Waals surface area contributed by atoms with Crippen LogP contribution >= 0.6 is 0 Å². The van der Waals surface area contributed by atoms with Gasteiger partial charge in [-0.2, -0.15) is 0 Å². The zero-order chi connectivity index (χ0) is 7.26. The lowest BCUT2D eigenvalue weighted by Crippen LogP contribution is -1.99. The van der Waals surface area contributed by atoms with E-state index in [1.54, 1.807) is 5.57 Å². The molecule has 60 valence electrons. The third-order valence-corrected chi connectivity index (χ3v) is 3.35. The minimum Gasteiger partial charge on any atom is -0.369 e. The molecular weight excluding hydrogens is 136 g/mol. The summed E-state index contributed by atoms with van der Waals surface area (Å²) in [5.74, 6) is 2.01. The lowest BCUT2D eigenvalue weighted by atomic mass is 9.94. The van der Waals surface area contributed by atoms with Crippen LogP contribution in [0.2, 0.25) is 0 Å². The third kappa shape index (κ3) is 1.02. The quantitative estimate of drug-likeness (QED) is 0.412. The molecule has 0 aromatic heterocycles. The number of fused-ring (bicyclic) bond motifs is 2. The molecule has 2 aliphatic carbocycles. The number of epoxide rings is 1. The lowest BCUT2D eigenvalue weighted by molar-refractivity contribution is 0.437. The van der Waals surface area contributed by atoms with Gasteiger partial charge in [-0.25, -0.2) is 0 Å². The molecule has 1 heterocycles. The molecule has 1 saturated heterocycles. The maximum absolute atomic E-state index is 5.20. The predicted molar refractivity (Wildman–Crippen MR) is 43.3 cm³/mol. The van der Waals surface area contributed by atoms with Crippen LogP contribution < -0.4 is 0 Å². The number of ether oxygens (including phenoxy) is 1. The molecule has 3 rings (SSSR count). The lowest BCUT2D eigenvalue weighted by Gasteiger charge is -2.11. The minimum absolute atomic E-state index is 0.518. The molecule has 3 fully saturated rings. The zero-order valence-corrected chi connectivity index (χ0v) is 6.75. The van der Waals surface area contributed by atoms with Crippen LogP contribution in [-0.2, 0) is 4.74 Å². The normalized spacial score (nSPS) is 50.5. The van der Waals surface area contributed by atoms with Crippen molar-refractivity contribution < 1.29 is 4.74 Å². The van der Waals surface area contributed by atoms with Gasteiger partial charge in [-0.1, -0.05) is 11.6 Å². The highest BCUT2D eigenvalue weighted by Gasteiger charge is 2.36. The Morgan fingerprint density at radius 3 is 2.82 bits per heavy atom. The Morgan fingerprint density at radius 2 is 2.27 bits per heavy atom. The molecular formula is C10H14O. The average molecular weight is 150 g/mol. The van der Waals surface area contributed by atoms with E-state index >= 15 is 0 Å². The molecule has 0 radical (unpaired) electrons. The van der Waals surface area contributed by atoms with Crippen molar-refractivity contribution in [1.29, 1.82) is 0 Å². The molecule has 2 saturated carbocycles. The van der Waals surface area contributed by atoms with Crippen molar-refractivity contribution in [2.24, 2.45) is 11.8 Å². The number of hydrogen-bond donors (Lipinski definition) is 0. The van der Waals surface area contributed by atoms with Crippen LogP contribution in [0.15, 0.2) is 11.6 Å². The SMILES string of the molecule is C(=C1\CC2CCC1C2)/C1CO1. The number of allylic oxidation sites excluding steroid dienone is 1. The molecule has 1 nitrogen and oxygen atoms in total.